The van der Waals surface area contributed by atoms with Gasteiger partial charge in [0.15, 0.2) is 0 Å². The van der Waals surface area contributed by atoms with Crippen molar-refractivity contribution < 1.29 is 4.79 Å². The maximum atomic E-state index is 12.2. The fourth-order valence-corrected chi connectivity index (χ4v) is 2.60. The first kappa shape index (κ1) is 10.9. The Bertz CT molecular complexity index is 226. The zero-order valence-corrected chi connectivity index (χ0v) is 9.45. The lowest BCUT2D eigenvalue weighted by molar-refractivity contribution is -0.140. The van der Waals surface area contributed by atoms with Gasteiger partial charge in [0.25, 0.3) is 0 Å². The van der Waals surface area contributed by atoms with Gasteiger partial charge in [-0.25, -0.2) is 0 Å². The number of hydrogen-bond donors (Lipinski definition) is 1. The summed E-state index contributed by atoms with van der Waals surface area (Å²) in [6.07, 6.45) is 8.20. The van der Waals surface area contributed by atoms with Gasteiger partial charge in [0.1, 0.15) is 0 Å². The Morgan fingerprint density at radius 3 is 2.53 bits per heavy atom. The van der Waals surface area contributed by atoms with E-state index in [-0.39, 0.29) is 0 Å². The van der Waals surface area contributed by atoms with Gasteiger partial charge in [-0.1, -0.05) is 19.3 Å². The van der Waals surface area contributed by atoms with E-state index in [1.54, 1.807) is 0 Å². The largest absolute Gasteiger partial charge is 0.338 e. The van der Waals surface area contributed by atoms with E-state index < -0.39 is 0 Å². The standard InChI is InChI=1S/C12H22N2O/c13-9-11-7-2-1-3-8-14(11)12(15)10-5-4-6-10/h10-11H,1-9,13H2. The summed E-state index contributed by atoms with van der Waals surface area (Å²) in [5.41, 5.74) is 5.77. The summed E-state index contributed by atoms with van der Waals surface area (Å²) in [6.45, 7) is 1.58. The normalized spacial score (nSPS) is 28.3. The first-order chi connectivity index (χ1) is 7.33. The van der Waals surface area contributed by atoms with E-state index in [4.69, 9.17) is 5.73 Å². The number of nitrogens with two attached hydrogens (primary N) is 1. The summed E-state index contributed by atoms with van der Waals surface area (Å²) in [4.78, 5) is 14.3. The van der Waals surface area contributed by atoms with Gasteiger partial charge in [-0.3, -0.25) is 4.79 Å². The van der Waals surface area contributed by atoms with Crippen molar-refractivity contribution in [1.29, 1.82) is 0 Å². The molecule has 0 aromatic carbocycles. The molecule has 3 nitrogen and oxygen atoms in total. The van der Waals surface area contributed by atoms with Crippen LogP contribution in [0.5, 0.6) is 0 Å². The van der Waals surface area contributed by atoms with Crippen molar-refractivity contribution in [3.05, 3.63) is 0 Å². The molecule has 0 bridgehead atoms. The predicted octanol–water partition coefficient (Wildman–Crippen LogP) is 1.52. The second kappa shape index (κ2) is 4.97. The molecule has 1 amide bonds. The Kier molecular flexibility index (Phi) is 3.62. The van der Waals surface area contributed by atoms with Crippen LogP contribution in [0, 0.1) is 5.92 Å². The fourth-order valence-electron chi connectivity index (χ4n) is 2.60. The Labute approximate surface area is 92.0 Å². The summed E-state index contributed by atoms with van der Waals surface area (Å²) < 4.78 is 0. The van der Waals surface area contributed by atoms with E-state index >= 15 is 0 Å². The quantitative estimate of drug-likeness (QED) is 0.751. The number of hydrogen-bond acceptors (Lipinski definition) is 2. The second-order valence-electron chi connectivity index (χ2n) is 4.90. The van der Waals surface area contributed by atoms with Crippen LogP contribution < -0.4 is 5.73 Å². The van der Waals surface area contributed by atoms with Gasteiger partial charge in [-0.05, 0) is 25.7 Å². The molecule has 15 heavy (non-hydrogen) atoms. The van der Waals surface area contributed by atoms with Crippen LogP contribution in [0.1, 0.15) is 44.9 Å². The molecular formula is C12H22N2O. The minimum absolute atomic E-state index is 0.320. The second-order valence-corrected chi connectivity index (χ2v) is 4.90. The van der Waals surface area contributed by atoms with Gasteiger partial charge in [0.2, 0.25) is 5.91 Å². The third-order valence-corrected chi connectivity index (χ3v) is 3.89. The minimum Gasteiger partial charge on any atom is -0.338 e. The summed E-state index contributed by atoms with van der Waals surface area (Å²) >= 11 is 0. The molecule has 1 unspecified atom stereocenters. The summed E-state index contributed by atoms with van der Waals surface area (Å²) in [6, 6.07) is 0.320. The van der Waals surface area contributed by atoms with Crippen molar-refractivity contribution >= 4 is 5.91 Å². The van der Waals surface area contributed by atoms with Gasteiger partial charge in [0, 0.05) is 25.0 Å². The highest BCUT2D eigenvalue weighted by Gasteiger charge is 2.32. The molecule has 2 rings (SSSR count). The van der Waals surface area contributed by atoms with Crippen LogP contribution in [0.15, 0.2) is 0 Å². The van der Waals surface area contributed by atoms with Gasteiger partial charge in [-0.2, -0.15) is 0 Å². The summed E-state index contributed by atoms with van der Waals surface area (Å²) in [5.74, 6) is 0.718. The van der Waals surface area contributed by atoms with E-state index in [1.165, 1.54) is 19.3 Å². The van der Waals surface area contributed by atoms with Crippen LogP contribution in [0.3, 0.4) is 0 Å². The number of rotatable bonds is 2. The van der Waals surface area contributed by atoms with E-state index in [0.29, 0.717) is 24.4 Å². The summed E-state index contributed by atoms with van der Waals surface area (Å²) in [7, 11) is 0. The van der Waals surface area contributed by atoms with Crippen LogP contribution in [0.25, 0.3) is 0 Å². The lowest BCUT2D eigenvalue weighted by Crippen LogP contribution is -2.47. The first-order valence-corrected chi connectivity index (χ1v) is 6.33. The van der Waals surface area contributed by atoms with Crippen molar-refractivity contribution in [2.24, 2.45) is 11.7 Å². The molecule has 1 aliphatic heterocycles. The van der Waals surface area contributed by atoms with Crippen LogP contribution in [-0.2, 0) is 4.79 Å². The number of likely N-dealkylation sites (tertiary alicyclic amines) is 1. The number of carbonyl (C=O) groups is 1. The van der Waals surface area contributed by atoms with Crippen LogP contribution in [-0.4, -0.2) is 29.9 Å². The zero-order chi connectivity index (χ0) is 10.7. The van der Waals surface area contributed by atoms with E-state index in [1.807, 2.05) is 0 Å². The lowest BCUT2D eigenvalue weighted by Gasteiger charge is -2.35. The first-order valence-electron chi connectivity index (χ1n) is 6.33. The Hall–Kier alpha value is -0.570. The van der Waals surface area contributed by atoms with Gasteiger partial charge in [-0.15, -0.1) is 0 Å². The molecule has 1 saturated heterocycles. The molecule has 0 radical (unpaired) electrons. The Morgan fingerprint density at radius 1 is 1.13 bits per heavy atom. The van der Waals surface area contributed by atoms with Crippen molar-refractivity contribution in [1.82, 2.24) is 4.90 Å². The molecule has 2 fully saturated rings. The van der Waals surface area contributed by atoms with Gasteiger partial charge < -0.3 is 10.6 Å². The maximum Gasteiger partial charge on any atom is 0.225 e. The Morgan fingerprint density at radius 2 is 1.93 bits per heavy atom. The topological polar surface area (TPSA) is 46.3 Å². The molecule has 1 heterocycles. The molecule has 2 N–H and O–H groups in total. The maximum absolute atomic E-state index is 12.2. The number of amides is 1. The SMILES string of the molecule is NCC1CCCCCN1C(=O)C1CCC1. The average Bonchev–Trinajstić information content (AvgIpc) is 2.39. The van der Waals surface area contributed by atoms with E-state index in [2.05, 4.69) is 4.90 Å². The Balaban J connectivity index is 1.98. The van der Waals surface area contributed by atoms with Crippen molar-refractivity contribution in [3.8, 4) is 0 Å². The van der Waals surface area contributed by atoms with Crippen molar-refractivity contribution in [2.45, 2.75) is 51.0 Å². The molecule has 1 atom stereocenters. The molecule has 0 spiro atoms. The molecule has 0 aromatic rings. The number of nitrogens with zero attached hydrogens (tertiary/aromatic N) is 1. The molecule has 0 aromatic heterocycles. The molecule has 1 saturated carbocycles. The van der Waals surface area contributed by atoms with Crippen LogP contribution in [0.4, 0.5) is 0 Å². The third kappa shape index (κ3) is 2.33. The number of carbonyl (C=O) groups excluding carboxylic acids is 1. The highest BCUT2D eigenvalue weighted by molar-refractivity contribution is 5.80. The van der Waals surface area contributed by atoms with Gasteiger partial charge >= 0.3 is 0 Å². The molecule has 3 heteroatoms. The molecular weight excluding hydrogens is 188 g/mol. The molecule has 1 aliphatic carbocycles. The minimum atomic E-state index is 0.320. The average molecular weight is 210 g/mol. The third-order valence-electron chi connectivity index (χ3n) is 3.89. The summed E-state index contributed by atoms with van der Waals surface area (Å²) in [5, 5.41) is 0. The molecule has 2 aliphatic rings. The predicted molar refractivity (Wildman–Crippen MR) is 60.4 cm³/mol. The fraction of sp³-hybridized carbons (Fsp3) is 0.917. The highest BCUT2D eigenvalue weighted by atomic mass is 16.2. The van der Waals surface area contributed by atoms with Crippen molar-refractivity contribution in [3.63, 3.8) is 0 Å². The van der Waals surface area contributed by atoms with Crippen LogP contribution in [0.2, 0.25) is 0 Å². The van der Waals surface area contributed by atoms with Gasteiger partial charge in [0.05, 0.1) is 0 Å². The van der Waals surface area contributed by atoms with Crippen LogP contribution >= 0.6 is 0 Å². The van der Waals surface area contributed by atoms with Crippen molar-refractivity contribution in [2.75, 3.05) is 13.1 Å². The lowest BCUT2D eigenvalue weighted by atomic mass is 9.84. The monoisotopic (exact) mass is 210 g/mol. The van der Waals surface area contributed by atoms with E-state index in [9.17, 15) is 4.79 Å². The highest BCUT2D eigenvalue weighted by Crippen LogP contribution is 2.30. The van der Waals surface area contributed by atoms with E-state index in [0.717, 1.165) is 32.2 Å². The zero-order valence-electron chi connectivity index (χ0n) is 9.45. The molecule has 86 valence electrons. The smallest absolute Gasteiger partial charge is 0.225 e.